The van der Waals surface area contributed by atoms with Crippen LogP contribution in [0.5, 0.6) is 0 Å². The lowest BCUT2D eigenvalue weighted by Gasteiger charge is -2.42. The average molecular weight is 392 g/mol. The lowest BCUT2D eigenvalue weighted by Crippen LogP contribution is -2.56. The van der Waals surface area contributed by atoms with Gasteiger partial charge in [-0.1, -0.05) is 0 Å². The van der Waals surface area contributed by atoms with Gasteiger partial charge in [0, 0.05) is 31.1 Å². The summed E-state index contributed by atoms with van der Waals surface area (Å²) in [7, 11) is 2.13. The van der Waals surface area contributed by atoms with Gasteiger partial charge in [0.05, 0.1) is 23.6 Å². The maximum absolute atomic E-state index is 14.9. The van der Waals surface area contributed by atoms with Crippen molar-refractivity contribution in [3.8, 4) is 11.3 Å². The minimum Gasteiger partial charge on any atom is -0.423 e. The van der Waals surface area contributed by atoms with Gasteiger partial charge in [0.15, 0.2) is 17.0 Å². The standard InChI is InChI=1S/C21H21FN6O/c1-11-4-16(25-28-7-12(2)23-20(11)28)13-5-15(22)19-18(6-13)29-21(24-19)27-9-14-8-26(3)10-17(14)27/h4-7,14,17H,8-10H2,1-3H3/t14-,17-/m0/s1. The first-order valence-electron chi connectivity index (χ1n) is 9.85. The first-order valence-corrected chi connectivity index (χ1v) is 9.85. The van der Waals surface area contributed by atoms with E-state index in [0.717, 1.165) is 36.5 Å². The van der Waals surface area contributed by atoms with Crippen LogP contribution < -0.4 is 4.90 Å². The lowest BCUT2D eigenvalue weighted by atomic mass is 9.93. The fraction of sp³-hybridized carbons (Fsp3) is 0.381. The number of hydrogen-bond donors (Lipinski definition) is 0. The molecule has 1 aromatic carbocycles. The molecule has 2 fully saturated rings. The number of benzene rings is 1. The average Bonchev–Trinajstić information content (AvgIpc) is 3.33. The zero-order chi connectivity index (χ0) is 19.9. The van der Waals surface area contributed by atoms with Crippen molar-refractivity contribution in [3.05, 3.63) is 41.5 Å². The molecular formula is C21H21FN6O. The Bertz CT molecular complexity index is 1280. The van der Waals surface area contributed by atoms with Crippen LogP contribution in [-0.2, 0) is 0 Å². The summed E-state index contributed by atoms with van der Waals surface area (Å²) >= 11 is 0. The highest BCUT2D eigenvalue weighted by Gasteiger charge is 2.46. The van der Waals surface area contributed by atoms with E-state index >= 15 is 0 Å². The first-order chi connectivity index (χ1) is 14.0. The number of imidazole rings is 1. The van der Waals surface area contributed by atoms with Gasteiger partial charge in [-0.25, -0.2) is 13.9 Å². The van der Waals surface area contributed by atoms with E-state index in [-0.39, 0.29) is 5.52 Å². The molecule has 7 nitrogen and oxygen atoms in total. The molecule has 5 heterocycles. The second kappa shape index (κ2) is 5.76. The van der Waals surface area contributed by atoms with Gasteiger partial charge in [0.2, 0.25) is 0 Å². The largest absolute Gasteiger partial charge is 0.423 e. The number of halogens is 1. The summed E-state index contributed by atoms with van der Waals surface area (Å²) < 4.78 is 22.6. The SMILES string of the molecule is Cc1cn2nc(-c3cc(F)c4nc(N5C[C@@H]6CN(C)C[C@@H]65)oc4c3)cc(C)c2n1. The highest BCUT2D eigenvalue weighted by Crippen LogP contribution is 2.38. The fourth-order valence-corrected chi connectivity index (χ4v) is 4.70. The van der Waals surface area contributed by atoms with Gasteiger partial charge in [-0.3, -0.25) is 0 Å². The molecule has 0 radical (unpaired) electrons. The van der Waals surface area contributed by atoms with Crippen LogP contribution in [0.15, 0.2) is 28.8 Å². The molecule has 4 aromatic rings. The Morgan fingerprint density at radius 3 is 2.79 bits per heavy atom. The summed E-state index contributed by atoms with van der Waals surface area (Å²) in [6.07, 6.45) is 1.87. The topological polar surface area (TPSA) is 62.7 Å². The number of anilines is 1. The van der Waals surface area contributed by atoms with Crippen LogP contribution in [0.2, 0.25) is 0 Å². The highest BCUT2D eigenvalue weighted by molar-refractivity contribution is 5.81. The van der Waals surface area contributed by atoms with E-state index in [1.807, 2.05) is 32.2 Å². The third-order valence-corrected chi connectivity index (χ3v) is 6.13. The van der Waals surface area contributed by atoms with Crippen LogP contribution in [0, 0.1) is 25.6 Å². The molecule has 0 unspecified atom stereocenters. The van der Waals surface area contributed by atoms with Crippen molar-refractivity contribution in [1.82, 2.24) is 24.5 Å². The van der Waals surface area contributed by atoms with Crippen LogP contribution in [0.1, 0.15) is 11.3 Å². The summed E-state index contributed by atoms with van der Waals surface area (Å²) in [5.41, 5.74) is 4.75. The molecule has 0 spiro atoms. The summed E-state index contributed by atoms with van der Waals surface area (Å²) in [6, 6.07) is 6.15. The van der Waals surface area contributed by atoms with E-state index in [0.29, 0.717) is 34.8 Å². The normalized spacial score (nSPS) is 21.9. The zero-order valence-corrected chi connectivity index (χ0v) is 16.6. The predicted octanol–water partition coefficient (Wildman–Crippen LogP) is 3.04. The van der Waals surface area contributed by atoms with Crippen molar-refractivity contribution >= 4 is 22.8 Å². The third-order valence-electron chi connectivity index (χ3n) is 6.13. The number of aromatic nitrogens is 4. The number of likely N-dealkylation sites (tertiary alicyclic amines) is 1. The summed E-state index contributed by atoms with van der Waals surface area (Å²) in [4.78, 5) is 13.4. The number of rotatable bonds is 2. The van der Waals surface area contributed by atoms with E-state index in [2.05, 4.69) is 31.9 Å². The van der Waals surface area contributed by atoms with Crippen molar-refractivity contribution in [1.29, 1.82) is 0 Å². The Morgan fingerprint density at radius 1 is 1.10 bits per heavy atom. The number of aryl methyl sites for hydroxylation is 2. The predicted molar refractivity (Wildman–Crippen MR) is 108 cm³/mol. The zero-order valence-electron chi connectivity index (χ0n) is 16.6. The fourth-order valence-electron chi connectivity index (χ4n) is 4.70. The Labute approximate surface area is 166 Å². The number of oxazole rings is 1. The Balaban J connectivity index is 1.41. The van der Waals surface area contributed by atoms with E-state index in [1.165, 1.54) is 6.07 Å². The molecule has 8 heteroatoms. The van der Waals surface area contributed by atoms with Crippen molar-refractivity contribution in [3.63, 3.8) is 0 Å². The molecule has 0 bridgehead atoms. The van der Waals surface area contributed by atoms with Crippen LogP contribution in [0.4, 0.5) is 10.4 Å². The van der Waals surface area contributed by atoms with E-state index in [1.54, 1.807) is 4.52 Å². The van der Waals surface area contributed by atoms with E-state index in [9.17, 15) is 4.39 Å². The highest BCUT2D eigenvalue weighted by atomic mass is 19.1. The van der Waals surface area contributed by atoms with E-state index in [4.69, 9.17) is 4.42 Å². The molecular weight excluding hydrogens is 371 g/mol. The van der Waals surface area contributed by atoms with Crippen LogP contribution >= 0.6 is 0 Å². The van der Waals surface area contributed by atoms with Crippen molar-refractivity contribution in [2.24, 2.45) is 5.92 Å². The maximum Gasteiger partial charge on any atom is 0.298 e. The summed E-state index contributed by atoms with van der Waals surface area (Å²) in [5, 5.41) is 4.61. The van der Waals surface area contributed by atoms with Crippen LogP contribution in [0.3, 0.4) is 0 Å². The molecule has 2 atom stereocenters. The Morgan fingerprint density at radius 2 is 1.97 bits per heavy atom. The minimum absolute atomic E-state index is 0.273. The molecule has 0 amide bonds. The van der Waals surface area contributed by atoms with Gasteiger partial charge in [0.25, 0.3) is 6.01 Å². The molecule has 2 saturated heterocycles. The van der Waals surface area contributed by atoms with Gasteiger partial charge >= 0.3 is 0 Å². The summed E-state index contributed by atoms with van der Waals surface area (Å²) in [6.45, 7) is 6.91. The second-order valence-electron chi connectivity index (χ2n) is 8.37. The smallest absolute Gasteiger partial charge is 0.298 e. The number of fused-ring (bicyclic) bond motifs is 3. The third kappa shape index (κ3) is 2.48. The Hall–Kier alpha value is -3.00. The molecule has 29 heavy (non-hydrogen) atoms. The monoisotopic (exact) mass is 392 g/mol. The van der Waals surface area contributed by atoms with Crippen LogP contribution in [-0.4, -0.2) is 57.2 Å². The van der Waals surface area contributed by atoms with E-state index < -0.39 is 5.82 Å². The van der Waals surface area contributed by atoms with Gasteiger partial charge in [-0.05, 0) is 44.7 Å². The summed E-state index contributed by atoms with van der Waals surface area (Å²) in [5.74, 6) is 0.252. The molecule has 0 saturated carbocycles. The molecule has 3 aromatic heterocycles. The van der Waals surface area contributed by atoms with Crippen molar-refractivity contribution < 1.29 is 8.81 Å². The first kappa shape index (κ1) is 16.9. The quantitative estimate of drug-likeness (QED) is 0.523. The van der Waals surface area contributed by atoms with Gasteiger partial charge in [0.1, 0.15) is 5.52 Å². The molecule has 2 aliphatic rings. The van der Waals surface area contributed by atoms with Gasteiger partial charge in [-0.2, -0.15) is 10.1 Å². The molecule has 2 aliphatic heterocycles. The molecule has 0 aliphatic carbocycles. The van der Waals surface area contributed by atoms with Crippen molar-refractivity contribution in [2.75, 3.05) is 31.6 Å². The molecule has 0 N–H and O–H groups in total. The Kier molecular flexibility index (Phi) is 3.36. The number of hydrogen-bond acceptors (Lipinski definition) is 6. The second-order valence-corrected chi connectivity index (χ2v) is 8.37. The minimum atomic E-state index is -0.394. The lowest BCUT2D eigenvalue weighted by molar-refractivity contribution is 0.336. The van der Waals surface area contributed by atoms with Gasteiger partial charge in [-0.15, -0.1) is 0 Å². The number of likely N-dealkylation sites (N-methyl/N-ethyl adjacent to an activating group) is 1. The van der Waals surface area contributed by atoms with Gasteiger partial charge < -0.3 is 14.2 Å². The van der Waals surface area contributed by atoms with Crippen LogP contribution in [0.25, 0.3) is 28.0 Å². The molecule has 6 rings (SSSR count). The number of nitrogens with zero attached hydrogens (tertiary/aromatic N) is 6. The maximum atomic E-state index is 14.9. The molecule has 148 valence electrons. The van der Waals surface area contributed by atoms with Crippen molar-refractivity contribution in [2.45, 2.75) is 19.9 Å².